The van der Waals surface area contributed by atoms with E-state index in [9.17, 15) is 4.79 Å². The molecule has 1 unspecified atom stereocenters. The fourth-order valence-electron chi connectivity index (χ4n) is 5.29. The van der Waals surface area contributed by atoms with Crippen LogP contribution >= 0.6 is 0 Å². The molecule has 1 aliphatic heterocycles. The predicted molar refractivity (Wildman–Crippen MR) is 151 cm³/mol. The predicted octanol–water partition coefficient (Wildman–Crippen LogP) is 4.23. The molecule has 1 heterocycles. The first-order valence-electron chi connectivity index (χ1n) is 13.1. The Morgan fingerprint density at radius 3 is 2.21 bits per heavy atom. The summed E-state index contributed by atoms with van der Waals surface area (Å²) in [5.74, 6) is 3.19. The molecule has 0 saturated heterocycles. The minimum atomic E-state index is -0.0968. The Morgan fingerprint density at radius 1 is 0.821 bits per heavy atom. The molecular weight excluding hydrogens is 496 g/mol. The molecule has 208 valence electrons. The highest BCUT2D eigenvalue weighted by Crippen LogP contribution is 2.47. The van der Waals surface area contributed by atoms with Crippen molar-refractivity contribution in [1.29, 1.82) is 0 Å². The number of carbonyl (C=O) groups excluding carboxylic acids is 1. The standard InChI is InChI=1S/C31H38N2O6/c1-35-26-12-11-22(18-27(26)36-2)17-25-24-19-28(37-3)31(39-5)30(38-4)23(24)14-16-33(25)20-29(34)32-15-13-21-9-7-6-8-10-21/h6-12,18-19,25H,13-17,20H2,1-5H3,(H,32,34). The lowest BCUT2D eigenvalue weighted by Gasteiger charge is -2.38. The lowest BCUT2D eigenvalue weighted by atomic mass is 9.87. The van der Waals surface area contributed by atoms with Crippen LogP contribution in [-0.4, -0.2) is 66.0 Å². The second-order valence-corrected chi connectivity index (χ2v) is 9.43. The van der Waals surface area contributed by atoms with Crippen LogP contribution in [0.5, 0.6) is 28.7 Å². The van der Waals surface area contributed by atoms with Gasteiger partial charge in [0.25, 0.3) is 0 Å². The Morgan fingerprint density at radius 2 is 1.54 bits per heavy atom. The summed E-state index contributed by atoms with van der Waals surface area (Å²) < 4.78 is 28.1. The van der Waals surface area contributed by atoms with Gasteiger partial charge in [0.2, 0.25) is 11.7 Å². The maximum Gasteiger partial charge on any atom is 0.234 e. The zero-order valence-electron chi connectivity index (χ0n) is 23.4. The number of fused-ring (bicyclic) bond motifs is 1. The molecule has 1 aliphatic rings. The van der Waals surface area contributed by atoms with Crippen molar-refractivity contribution in [3.05, 3.63) is 76.9 Å². The number of ether oxygens (including phenoxy) is 5. The summed E-state index contributed by atoms with van der Waals surface area (Å²) in [7, 11) is 8.13. The van der Waals surface area contributed by atoms with Crippen molar-refractivity contribution in [3.63, 3.8) is 0 Å². The van der Waals surface area contributed by atoms with Crippen LogP contribution in [-0.2, 0) is 24.1 Å². The van der Waals surface area contributed by atoms with Gasteiger partial charge in [0, 0.05) is 24.7 Å². The number of amides is 1. The number of carbonyl (C=O) groups is 1. The minimum absolute atomic E-state index is 0.000802. The Kier molecular flexibility index (Phi) is 9.54. The fourth-order valence-corrected chi connectivity index (χ4v) is 5.29. The van der Waals surface area contributed by atoms with Crippen molar-refractivity contribution in [2.75, 3.05) is 55.2 Å². The van der Waals surface area contributed by atoms with E-state index in [0.717, 1.165) is 29.5 Å². The maximum atomic E-state index is 13.1. The normalized spacial score (nSPS) is 14.7. The van der Waals surface area contributed by atoms with Gasteiger partial charge in [-0.15, -0.1) is 0 Å². The van der Waals surface area contributed by atoms with E-state index in [2.05, 4.69) is 22.3 Å². The second kappa shape index (κ2) is 13.2. The highest BCUT2D eigenvalue weighted by molar-refractivity contribution is 5.78. The van der Waals surface area contributed by atoms with Gasteiger partial charge in [0.15, 0.2) is 23.0 Å². The monoisotopic (exact) mass is 534 g/mol. The van der Waals surface area contributed by atoms with Gasteiger partial charge in [-0.1, -0.05) is 36.4 Å². The molecule has 0 spiro atoms. The summed E-state index contributed by atoms with van der Waals surface area (Å²) >= 11 is 0. The molecule has 39 heavy (non-hydrogen) atoms. The number of hydrogen-bond donors (Lipinski definition) is 1. The van der Waals surface area contributed by atoms with Crippen LogP contribution in [0.15, 0.2) is 54.6 Å². The Labute approximate surface area is 230 Å². The maximum absolute atomic E-state index is 13.1. The molecular formula is C31H38N2O6. The van der Waals surface area contributed by atoms with Crippen LogP contribution in [0.25, 0.3) is 0 Å². The molecule has 0 radical (unpaired) electrons. The average molecular weight is 535 g/mol. The van der Waals surface area contributed by atoms with Gasteiger partial charge in [-0.3, -0.25) is 9.69 Å². The van der Waals surface area contributed by atoms with Crippen LogP contribution in [0.3, 0.4) is 0 Å². The largest absolute Gasteiger partial charge is 0.493 e. The van der Waals surface area contributed by atoms with Gasteiger partial charge < -0.3 is 29.0 Å². The third kappa shape index (κ3) is 6.40. The van der Waals surface area contributed by atoms with Crippen LogP contribution in [0.2, 0.25) is 0 Å². The molecule has 4 rings (SSSR count). The van der Waals surface area contributed by atoms with Crippen LogP contribution in [0, 0.1) is 0 Å². The zero-order chi connectivity index (χ0) is 27.8. The van der Waals surface area contributed by atoms with E-state index >= 15 is 0 Å². The van der Waals surface area contributed by atoms with Crippen molar-refractivity contribution in [2.24, 2.45) is 0 Å². The number of methoxy groups -OCH3 is 5. The van der Waals surface area contributed by atoms with E-state index in [-0.39, 0.29) is 18.5 Å². The third-order valence-corrected chi connectivity index (χ3v) is 7.22. The van der Waals surface area contributed by atoms with Crippen molar-refractivity contribution in [2.45, 2.75) is 25.3 Å². The van der Waals surface area contributed by atoms with Gasteiger partial charge in [-0.2, -0.15) is 0 Å². The second-order valence-electron chi connectivity index (χ2n) is 9.43. The Bertz CT molecular complexity index is 1260. The lowest BCUT2D eigenvalue weighted by Crippen LogP contribution is -2.43. The third-order valence-electron chi connectivity index (χ3n) is 7.22. The summed E-state index contributed by atoms with van der Waals surface area (Å²) in [6.45, 7) is 1.57. The summed E-state index contributed by atoms with van der Waals surface area (Å²) in [6, 6.07) is 18.0. The molecule has 1 N–H and O–H groups in total. The smallest absolute Gasteiger partial charge is 0.234 e. The van der Waals surface area contributed by atoms with Crippen molar-refractivity contribution in [1.82, 2.24) is 10.2 Å². The number of nitrogens with zero attached hydrogens (tertiary/aromatic N) is 1. The van der Waals surface area contributed by atoms with Crippen molar-refractivity contribution in [3.8, 4) is 28.7 Å². The highest BCUT2D eigenvalue weighted by atomic mass is 16.5. The van der Waals surface area contributed by atoms with Gasteiger partial charge >= 0.3 is 0 Å². The molecule has 0 saturated carbocycles. The Hall–Kier alpha value is -3.91. The molecule has 0 fully saturated rings. The molecule has 8 nitrogen and oxygen atoms in total. The van der Waals surface area contributed by atoms with E-state index < -0.39 is 0 Å². The number of benzene rings is 3. The first-order valence-corrected chi connectivity index (χ1v) is 13.1. The van der Waals surface area contributed by atoms with Crippen molar-refractivity contribution >= 4 is 5.91 Å². The molecule has 0 bridgehead atoms. The van der Waals surface area contributed by atoms with Gasteiger partial charge in [-0.05, 0) is 54.2 Å². The number of hydrogen-bond acceptors (Lipinski definition) is 7. The van der Waals surface area contributed by atoms with Gasteiger partial charge in [-0.25, -0.2) is 0 Å². The molecule has 3 aromatic rings. The van der Waals surface area contributed by atoms with E-state index in [1.807, 2.05) is 42.5 Å². The molecule has 0 aliphatic carbocycles. The summed E-state index contributed by atoms with van der Waals surface area (Å²) in [4.78, 5) is 15.3. The van der Waals surface area contributed by atoms with Crippen LogP contribution < -0.4 is 29.0 Å². The lowest BCUT2D eigenvalue weighted by molar-refractivity contribution is -0.122. The number of nitrogens with one attached hydrogen (secondary N) is 1. The summed E-state index contributed by atoms with van der Waals surface area (Å²) in [5, 5.41) is 3.10. The van der Waals surface area contributed by atoms with Crippen LogP contribution in [0.1, 0.15) is 28.3 Å². The minimum Gasteiger partial charge on any atom is -0.493 e. The van der Waals surface area contributed by atoms with E-state index in [1.54, 1.807) is 35.5 Å². The SMILES string of the molecule is COc1ccc(CC2c3cc(OC)c(OC)c(OC)c3CCN2CC(=O)NCCc2ccccc2)cc1OC. The first kappa shape index (κ1) is 28.1. The van der Waals surface area contributed by atoms with E-state index in [4.69, 9.17) is 23.7 Å². The molecule has 0 aromatic heterocycles. The molecule has 3 aromatic carbocycles. The summed E-state index contributed by atoms with van der Waals surface area (Å²) in [6.07, 6.45) is 2.17. The molecule has 1 atom stereocenters. The van der Waals surface area contributed by atoms with Crippen LogP contribution in [0.4, 0.5) is 0 Å². The van der Waals surface area contributed by atoms with Gasteiger partial charge in [0.1, 0.15) is 0 Å². The Balaban J connectivity index is 1.62. The fraction of sp³-hybridized carbons (Fsp3) is 0.387. The zero-order valence-corrected chi connectivity index (χ0v) is 23.4. The first-order chi connectivity index (χ1) is 19.0. The molecule has 1 amide bonds. The topological polar surface area (TPSA) is 78.5 Å². The van der Waals surface area contributed by atoms with E-state index in [0.29, 0.717) is 48.3 Å². The quantitative estimate of drug-likeness (QED) is 0.373. The van der Waals surface area contributed by atoms with Crippen molar-refractivity contribution < 1.29 is 28.5 Å². The molecule has 8 heteroatoms. The van der Waals surface area contributed by atoms with E-state index in [1.165, 1.54) is 5.56 Å². The van der Waals surface area contributed by atoms with Gasteiger partial charge in [0.05, 0.1) is 42.1 Å². The highest BCUT2D eigenvalue weighted by Gasteiger charge is 2.33. The number of rotatable bonds is 12. The summed E-state index contributed by atoms with van der Waals surface area (Å²) in [5.41, 5.74) is 4.39. The average Bonchev–Trinajstić information content (AvgIpc) is 2.97.